The number of benzene rings is 1. The van der Waals surface area contributed by atoms with Gasteiger partial charge in [-0.05, 0) is 12.1 Å². The molecule has 0 unspecified atom stereocenters. The molecule has 0 amide bonds. The highest BCUT2D eigenvalue weighted by atomic mass is 31.2. The summed E-state index contributed by atoms with van der Waals surface area (Å²) in [4.78, 5) is 17.7. The SMILES string of the molecule is OP(O)c1cc2ccccc2o1. The fourth-order valence-electron chi connectivity index (χ4n) is 1.07. The fraction of sp³-hybridized carbons (Fsp3) is 0. The lowest BCUT2D eigenvalue weighted by molar-refractivity contribution is 0.483. The molecule has 12 heavy (non-hydrogen) atoms. The Morgan fingerprint density at radius 3 is 2.58 bits per heavy atom. The van der Waals surface area contributed by atoms with E-state index in [1.165, 1.54) is 0 Å². The van der Waals surface area contributed by atoms with Gasteiger partial charge >= 0.3 is 0 Å². The zero-order valence-corrected chi connectivity index (χ0v) is 7.03. The molecule has 3 nitrogen and oxygen atoms in total. The summed E-state index contributed by atoms with van der Waals surface area (Å²) in [5, 5.41) is 0.892. The van der Waals surface area contributed by atoms with Gasteiger partial charge in [0.15, 0.2) is 5.50 Å². The van der Waals surface area contributed by atoms with E-state index in [4.69, 9.17) is 14.2 Å². The van der Waals surface area contributed by atoms with Gasteiger partial charge in [0.1, 0.15) is 5.58 Å². The molecule has 0 spiro atoms. The summed E-state index contributed by atoms with van der Waals surface area (Å²) in [5.74, 6) is 0. The van der Waals surface area contributed by atoms with E-state index in [2.05, 4.69) is 0 Å². The minimum absolute atomic E-state index is 0.242. The van der Waals surface area contributed by atoms with Crippen LogP contribution in [0.1, 0.15) is 0 Å². The summed E-state index contributed by atoms with van der Waals surface area (Å²) in [6.45, 7) is 0. The van der Waals surface area contributed by atoms with Gasteiger partial charge in [-0.15, -0.1) is 0 Å². The summed E-state index contributed by atoms with van der Waals surface area (Å²) in [5.41, 5.74) is 0.925. The number of fused-ring (bicyclic) bond motifs is 1. The second-order valence-corrected chi connectivity index (χ2v) is 3.43. The summed E-state index contributed by atoms with van der Waals surface area (Å²) < 4.78 is 5.16. The fourth-order valence-corrected chi connectivity index (χ4v) is 1.50. The third-order valence-corrected chi connectivity index (χ3v) is 2.22. The molecule has 0 saturated carbocycles. The van der Waals surface area contributed by atoms with Crippen molar-refractivity contribution in [3.63, 3.8) is 0 Å². The molecular weight excluding hydrogens is 175 g/mol. The van der Waals surface area contributed by atoms with Gasteiger partial charge in [0.25, 0.3) is 0 Å². The molecule has 1 heterocycles. The van der Waals surface area contributed by atoms with Gasteiger partial charge in [-0.1, -0.05) is 18.2 Å². The number of hydrogen-bond donors (Lipinski definition) is 2. The molecule has 0 radical (unpaired) electrons. The molecule has 0 fully saturated rings. The van der Waals surface area contributed by atoms with Crippen molar-refractivity contribution in [3.8, 4) is 0 Å². The molecule has 4 heteroatoms. The Hall–Kier alpha value is -0.890. The first kappa shape index (κ1) is 7.74. The van der Waals surface area contributed by atoms with Crippen molar-refractivity contribution >= 4 is 24.8 Å². The van der Waals surface area contributed by atoms with Crippen LogP contribution in [0.5, 0.6) is 0 Å². The lowest BCUT2D eigenvalue weighted by Gasteiger charge is -1.92. The van der Waals surface area contributed by atoms with Gasteiger partial charge in [0.2, 0.25) is 8.38 Å². The van der Waals surface area contributed by atoms with Crippen molar-refractivity contribution in [1.29, 1.82) is 0 Å². The standard InChI is InChI=1S/C8H7O3P/c9-12(10)8-5-6-3-1-2-4-7(6)11-8/h1-5,9-10H. The molecule has 0 atom stereocenters. The zero-order chi connectivity index (χ0) is 8.55. The Bertz CT molecular complexity index is 361. The van der Waals surface area contributed by atoms with Crippen LogP contribution in [-0.2, 0) is 0 Å². The number of furan rings is 1. The van der Waals surface area contributed by atoms with Crippen molar-refractivity contribution in [2.75, 3.05) is 0 Å². The third kappa shape index (κ3) is 1.23. The highest BCUT2D eigenvalue weighted by Gasteiger charge is 2.09. The molecule has 0 aliphatic carbocycles. The van der Waals surface area contributed by atoms with Gasteiger partial charge in [-0.2, -0.15) is 0 Å². The van der Waals surface area contributed by atoms with E-state index < -0.39 is 8.38 Å². The van der Waals surface area contributed by atoms with Gasteiger partial charge in [-0.3, -0.25) is 0 Å². The first-order valence-corrected chi connectivity index (χ1v) is 4.68. The molecule has 1 aromatic heterocycles. The average Bonchev–Trinajstić information content (AvgIpc) is 2.46. The molecule has 2 N–H and O–H groups in total. The van der Waals surface area contributed by atoms with Crippen LogP contribution in [0.15, 0.2) is 34.7 Å². The third-order valence-electron chi connectivity index (χ3n) is 1.61. The lowest BCUT2D eigenvalue weighted by atomic mass is 10.3. The molecular formula is C8H7O3P. The van der Waals surface area contributed by atoms with Crippen LogP contribution in [0.2, 0.25) is 0 Å². The van der Waals surface area contributed by atoms with Crippen LogP contribution < -0.4 is 5.50 Å². The quantitative estimate of drug-likeness (QED) is 0.654. The average molecular weight is 182 g/mol. The molecule has 2 aromatic rings. The highest BCUT2D eigenvalue weighted by molar-refractivity contribution is 7.53. The molecule has 0 saturated heterocycles. The summed E-state index contributed by atoms with van der Waals surface area (Å²) >= 11 is 0. The van der Waals surface area contributed by atoms with Crippen LogP contribution in [0.25, 0.3) is 11.0 Å². The molecule has 2 rings (SSSR count). The Morgan fingerprint density at radius 2 is 1.92 bits per heavy atom. The van der Waals surface area contributed by atoms with Crippen LogP contribution >= 0.6 is 8.38 Å². The lowest BCUT2D eigenvalue weighted by Crippen LogP contribution is -1.92. The van der Waals surface area contributed by atoms with E-state index in [1.54, 1.807) is 12.1 Å². The maximum absolute atomic E-state index is 8.85. The number of hydrogen-bond acceptors (Lipinski definition) is 3. The molecule has 0 bridgehead atoms. The topological polar surface area (TPSA) is 53.6 Å². The van der Waals surface area contributed by atoms with Crippen LogP contribution in [0, 0.1) is 0 Å². The Labute approximate surface area is 70.2 Å². The summed E-state index contributed by atoms with van der Waals surface area (Å²) in [6.07, 6.45) is 0. The van der Waals surface area contributed by atoms with Gasteiger partial charge in [-0.25, -0.2) is 0 Å². The first-order valence-electron chi connectivity index (χ1n) is 3.44. The van der Waals surface area contributed by atoms with E-state index in [0.717, 1.165) is 5.39 Å². The van der Waals surface area contributed by atoms with E-state index in [1.807, 2.05) is 18.2 Å². The number of para-hydroxylation sites is 1. The van der Waals surface area contributed by atoms with E-state index in [0.29, 0.717) is 5.58 Å². The maximum atomic E-state index is 8.85. The van der Waals surface area contributed by atoms with Crippen LogP contribution in [0.3, 0.4) is 0 Å². The van der Waals surface area contributed by atoms with Gasteiger partial charge in [0, 0.05) is 5.39 Å². The van der Waals surface area contributed by atoms with Crippen molar-refractivity contribution in [1.82, 2.24) is 0 Å². The minimum atomic E-state index is -2.11. The second kappa shape index (κ2) is 2.87. The summed E-state index contributed by atoms with van der Waals surface area (Å²) in [6, 6.07) is 9.01. The Balaban J connectivity index is 2.62. The molecule has 1 aromatic carbocycles. The largest absolute Gasteiger partial charge is 0.451 e. The van der Waals surface area contributed by atoms with Crippen molar-refractivity contribution in [2.45, 2.75) is 0 Å². The minimum Gasteiger partial charge on any atom is -0.451 e. The van der Waals surface area contributed by atoms with Crippen LogP contribution in [-0.4, -0.2) is 9.79 Å². The zero-order valence-electron chi connectivity index (χ0n) is 6.14. The van der Waals surface area contributed by atoms with Gasteiger partial charge < -0.3 is 14.2 Å². The Kier molecular flexibility index (Phi) is 1.85. The molecule has 0 aliphatic heterocycles. The highest BCUT2D eigenvalue weighted by Crippen LogP contribution is 2.26. The van der Waals surface area contributed by atoms with Gasteiger partial charge in [0.05, 0.1) is 0 Å². The smallest absolute Gasteiger partial charge is 0.237 e. The predicted molar refractivity (Wildman–Crippen MR) is 47.2 cm³/mol. The van der Waals surface area contributed by atoms with E-state index in [-0.39, 0.29) is 5.50 Å². The molecule has 0 aliphatic rings. The molecule has 62 valence electrons. The van der Waals surface area contributed by atoms with Crippen molar-refractivity contribution in [2.24, 2.45) is 0 Å². The normalized spacial score (nSPS) is 11.2. The van der Waals surface area contributed by atoms with E-state index in [9.17, 15) is 0 Å². The second-order valence-electron chi connectivity index (χ2n) is 2.41. The van der Waals surface area contributed by atoms with Crippen molar-refractivity contribution < 1.29 is 14.2 Å². The van der Waals surface area contributed by atoms with Crippen molar-refractivity contribution in [3.05, 3.63) is 30.3 Å². The van der Waals surface area contributed by atoms with Crippen LogP contribution in [0.4, 0.5) is 0 Å². The predicted octanol–water partition coefficient (Wildman–Crippen LogP) is 1.35. The summed E-state index contributed by atoms with van der Waals surface area (Å²) in [7, 11) is -2.11. The van der Waals surface area contributed by atoms with E-state index >= 15 is 0 Å². The number of rotatable bonds is 1. The monoisotopic (exact) mass is 182 g/mol. The first-order chi connectivity index (χ1) is 5.77. The maximum Gasteiger partial charge on any atom is 0.237 e. The Morgan fingerprint density at radius 1 is 1.17 bits per heavy atom.